The van der Waals surface area contributed by atoms with Gasteiger partial charge in [-0.05, 0) is 22.9 Å². The fourth-order valence-electron chi connectivity index (χ4n) is 5.15. The fraction of sp³-hybridized carbons (Fsp3) is 0.273. The van der Waals surface area contributed by atoms with E-state index in [0.29, 0.717) is 23.6 Å². The van der Waals surface area contributed by atoms with Crippen LogP contribution < -0.4 is 0 Å². The molecule has 1 unspecified atom stereocenters. The molecule has 3 aromatic carbocycles. The summed E-state index contributed by atoms with van der Waals surface area (Å²) < 4.78 is 25.7. The molecule has 216 valence electrons. The molecule has 1 aliphatic heterocycles. The summed E-state index contributed by atoms with van der Waals surface area (Å²) in [7, 11) is 0. The van der Waals surface area contributed by atoms with E-state index in [-0.39, 0.29) is 13.2 Å². The Morgan fingerprint density at radius 3 is 2.05 bits per heavy atom. The lowest BCUT2D eigenvalue weighted by Gasteiger charge is -2.30. The van der Waals surface area contributed by atoms with Crippen LogP contribution in [-0.2, 0) is 44.6 Å². The monoisotopic (exact) mass is 600 g/mol. The summed E-state index contributed by atoms with van der Waals surface area (Å²) in [6.07, 6.45) is 1.39. The third kappa shape index (κ3) is 6.28. The first-order chi connectivity index (χ1) is 20.7. The lowest BCUT2D eigenvalue weighted by Crippen LogP contribution is -2.44. The predicted molar refractivity (Wildman–Crippen MR) is 164 cm³/mol. The summed E-state index contributed by atoms with van der Waals surface area (Å²) in [5, 5.41) is 16.1. The minimum atomic E-state index is -1.83. The molecule has 4 atom stereocenters. The number of hydrogen-bond donors (Lipinski definition) is 1. The lowest BCUT2D eigenvalue weighted by molar-refractivity contribution is -0.250. The Morgan fingerprint density at radius 2 is 1.43 bits per heavy atom. The maximum atomic E-state index is 12.5. The number of thioether (sulfide) groups is 1. The standard InChI is InChI=1S/C33H32N2O5S2/c1-41-32-26-21-42-31(28(26)34-22-35-32)33(36)30(39-19-25-15-9-4-10-16-25)29(38-18-24-13-7-3-8-14-24)27(40-33)20-37-17-23-11-5-2-6-12-23/h2-16,21-22,27,29-30,36H,17-20H2,1H3/t27-,29-,30-,33?/m1/s1. The maximum Gasteiger partial charge on any atom is 0.234 e. The van der Waals surface area contributed by atoms with Gasteiger partial charge in [-0.1, -0.05) is 91.0 Å². The molecule has 6 rings (SSSR count). The third-order valence-electron chi connectivity index (χ3n) is 7.21. The van der Waals surface area contributed by atoms with Crippen LogP contribution in [0.15, 0.2) is 108 Å². The number of nitrogens with zero attached hydrogens (tertiary/aromatic N) is 2. The van der Waals surface area contributed by atoms with Crippen molar-refractivity contribution in [2.45, 2.75) is 48.9 Å². The van der Waals surface area contributed by atoms with Gasteiger partial charge in [0, 0.05) is 10.8 Å². The largest absolute Gasteiger partial charge is 0.374 e. The van der Waals surface area contributed by atoms with Gasteiger partial charge in [-0.15, -0.1) is 23.1 Å². The van der Waals surface area contributed by atoms with Crippen molar-refractivity contribution >= 4 is 34.0 Å². The molecule has 1 aliphatic rings. The van der Waals surface area contributed by atoms with Gasteiger partial charge in [0.2, 0.25) is 5.79 Å². The van der Waals surface area contributed by atoms with Crippen molar-refractivity contribution in [2.75, 3.05) is 12.9 Å². The minimum Gasteiger partial charge on any atom is -0.374 e. The first-order valence-electron chi connectivity index (χ1n) is 13.8. The molecule has 0 radical (unpaired) electrons. The van der Waals surface area contributed by atoms with Gasteiger partial charge >= 0.3 is 0 Å². The smallest absolute Gasteiger partial charge is 0.234 e. The number of rotatable bonds is 12. The van der Waals surface area contributed by atoms with Crippen LogP contribution >= 0.6 is 23.1 Å². The number of ether oxygens (including phenoxy) is 4. The molecular formula is C33H32N2O5S2. The van der Waals surface area contributed by atoms with Gasteiger partial charge < -0.3 is 24.1 Å². The van der Waals surface area contributed by atoms with Crippen molar-refractivity contribution in [1.29, 1.82) is 0 Å². The second-order valence-corrected chi connectivity index (χ2v) is 11.7. The second kappa shape index (κ2) is 13.4. The topological polar surface area (TPSA) is 82.9 Å². The van der Waals surface area contributed by atoms with Crippen LogP contribution in [0, 0.1) is 0 Å². The highest BCUT2D eigenvalue weighted by atomic mass is 32.2. The van der Waals surface area contributed by atoms with E-state index in [4.69, 9.17) is 18.9 Å². The Hall–Kier alpha value is -3.15. The molecule has 2 aromatic heterocycles. The Labute approximate surface area is 253 Å². The molecule has 0 spiro atoms. The van der Waals surface area contributed by atoms with Crippen LogP contribution in [0.1, 0.15) is 21.6 Å². The average molecular weight is 601 g/mol. The number of aliphatic hydroxyl groups is 1. The average Bonchev–Trinajstić information content (AvgIpc) is 3.60. The van der Waals surface area contributed by atoms with E-state index in [0.717, 1.165) is 27.1 Å². The first-order valence-corrected chi connectivity index (χ1v) is 15.9. The van der Waals surface area contributed by atoms with Crippen LogP contribution in [0.4, 0.5) is 0 Å². The summed E-state index contributed by atoms with van der Waals surface area (Å²) >= 11 is 2.92. The maximum absolute atomic E-state index is 12.5. The van der Waals surface area contributed by atoms with Crippen molar-refractivity contribution in [2.24, 2.45) is 0 Å². The van der Waals surface area contributed by atoms with Gasteiger partial charge in [0.1, 0.15) is 29.7 Å². The zero-order valence-electron chi connectivity index (χ0n) is 23.2. The number of fused-ring (bicyclic) bond motifs is 1. The highest BCUT2D eigenvalue weighted by Gasteiger charge is 2.58. The molecule has 1 N–H and O–H groups in total. The van der Waals surface area contributed by atoms with E-state index < -0.39 is 24.1 Å². The molecule has 0 saturated carbocycles. The van der Waals surface area contributed by atoms with E-state index in [2.05, 4.69) is 9.97 Å². The van der Waals surface area contributed by atoms with Crippen molar-refractivity contribution in [3.8, 4) is 0 Å². The highest BCUT2D eigenvalue weighted by molar-refractivity contribution is 7.98. The van der Waals surface area contributed by atoms with Crippen molar-refractivity contribution in [3.63, 3.8) is 0 Å². The number of aromatic nitrogens is 2. The second-order valence-electron chi connectivity index (χ2n) is 10.0. The van der Waals surface area contributed by atoms with Gasteiger partial charge in [-0.3, -0.25) is 0 Å². The zero-order chi connectivity index (χ0) is 28.8. The summed E-state index contributed by atoms with van der Waals surface area (Å²) in [6.45, 7) is 1.21. The van der Waals surface area contributed by atoms with Gasteiger partial charge in [-0.25, -0.2) is 9.97 Å². The predicted octanol–water partition coefficient (Wildman–Crippen LogP) is 6.34. The summed E-state index contributed by atoms with van der Waals surface area (Å²) in [5.41, 5.74) is 3.68. The van der Waals surface area contributed by atoms with Crippen molar-refractivity contribution in [3.05, 3.63) is 124 Å². The molecule has 0 bridgehead atoms. The van der Waals surface area contributed by atoms with E-state index >= 15 is 0 Å². The number of hydrogen-bond acceptors (Lipinski definition) is 9. The molecule has 1 saturated heterocycles. The van der Waals surface area contributed by atoms with Gasteiger partial charge in [0.05, 0.1) is 36.8 Å². The van der Waals surface area contributed by atoms with Crippen LogP contribution in [0.5, 0.6) is 0 Å². The van der Waals surface area contributed by atoms with Gasteiger partial charge in [-0.2, -0.15) is 0 Å². The Morgan fingerprint density at radius 1 is 0.833 bits per heavy atom. The van der Waals surface area contributed by atoms with Crippen LogP contribution in [0.2, 0.25) is 0 Å². The molecular weight excluding hydrogens is 569 g/mol. The molecule has 0 aliphatic carbocycles. The third-order valence-corrected chi connectivity index (χ3v) is 9.00. The Kier molecular flexibility index (Phi) is 9.26. The normalized spacial score (nSPS) is 22.1. The Bertz CT molecular complexity index is 1570. The molecule has 7 nitrogen and oxygen atoms in total. The van der Waals surface area contributed by atoms with Crippen LogP contribution in [0.25, 0.3) is 10.9 Å². The van der Waals surface area contributed by atoms with E-state index in [1.807, 2.05) is 103 Å². The number of thiophene rings is 1. The molecule has 9 heteroatoms. The summed E-state index contributed by atoms with van der Waals surface area (Å²) in [5.74, 6) is -1.83. The SMILES string of the molecule is CSc1ncnc2c(C3(O)O[C@H](COCc4ccccc4)[C@@H](OCc4ccccc4)[C@H]3OCc3ccccc3)scc12. The lowest BCUT2D eigenvalue weighted by atomic mass is 10.0. The van der Waals surface area contributed by atoms with E-state index in [9.17, 15) is 5.11 Å². The summed E-state index contributed by atoms with van der Waals surface area (Å²) in [4.78, 5) is 9.52. The quantitative estimate of drug-likeness (QED) is 0.131. The summed E-state index contributed by atoms with van der Waals surface area (Å²) in [6, 6.07) is 29.8. The molecule has 42 heavy (non-hydrogen) atoms. The number of benzene rings is 3. The molecule has 1 fully saturated rings. The fourth-order valence-corrected chi connectivity index (χ4v) is 6.82. The first kappa shape index (κ1) is 28.9. The zero-order valence-corrected chi connectivity index (χ0v) is 24.8. The van der Waals surface area contributed by atoms with E-state index in [1.54, 1.807) is 0 Å². The van der Waals surface area contributed by atoms with Crippen LogP contribution in [-0.4, -0.2) is 46.2 Å². The minimum absolute atomic E-state index is 0.205. The van der Waals surface area contributed by atoms with Gasteiger partial charge in [0.25, 0.3) is 0 Å². The molecule has 3 heterocycles. The molecule has 5 aromatic rings. The molecule has 0 amide bonds. The van der Waals surface area contributed by atoms with E-state index in [1.165, 1.54) is 29.4 Å². The highest BCUT2D eigenvalue weighted by Crippen LogP contribution is 2.47. The van der Waals surface area contributed by atoms with Crippen molar-refractivity contribution in [1.82, 2.24) is 9.97 Å². The van der Waals surface area contributed by atoms with Gasteiger partial charge in [0.15, 0.2) is 0 Å². The Balaban J connectivity index is 1.34. The van der Waals surface area contributed by atoms with Crippen LogP contribution in [0.3, 0.4) is 0 Å². The van der Waals surface area contributed by atoms with Crippen molar-refractivity contribution < 1.29 is 24.1 Å².